The highest BCUT2D eigenvalue weighted by Gasteiger charge is 2.26. The largest absolute Gasteiger partial charge is 0.452 e. The van der Waals surface area contributed by atoms with Gasteiger partial charge >= 0.3 is 11.7 Å². The summed E-state index contributed by atoms with van der Waals surface area (Å²) in [5.41, 5.74) is 6.96. The van der Waals surface area contributed by atoms with Crippen molar-refractivity contribution in [3.63, 3.8) is 0 Å². The average Bonchev–Trinajstić information content (AvgIpc) is 2.81. The molecule has 1 amide bonds. The number of fused-ring (bicyclic) bond motifs is 1. The molecule has 0 radical (unpaired) electrons. The molecule has 36 heavy (non-hydrogen) atoms. The maximum atomic E-state index is 13.2. The Hall–Kier alpha value is -3.99. The number of aromatic amines is 1. The van der Waals surface area contributed by atoms with Crippen molar-refractivity contribution < 1.29 is 19.1 Å². The van der Waals surface area contributed by atoms with Crippen molar-refractivity contribution in [3.8, 4) is 0 Å². The number of ether oxygens (including phenoxy) is 2. The van der Waals surface area contributed by atoms with E-state index in [1.165, 1.54) is 11.7 Å². The fourth-order valence-electron chi connectivity index (χ4n) is 3.85. The zero-order valence-electron chi connectivity index (χ0n) is 21.1. The summed E-state index contributed by atoms with van der Waals surface area (Å²) in [6.45, 7) is 7.04. The number of rotatable bonds is 9. The average molecular weight is 498 g/mol. The lowest BCUT2D eigenvalue weighted by Gasteiger charge is -2.24. The fraction of sp³-hybridized carbons (Fsp3) is 0.400. The summed E-state index contributed by atoms with van der Waals surface area (Å²) < 4.78 is 11.6. The van der Waals surface area contributed by atoms with Gasteiger partial charge in [-0.15, -0.1) is 0 Å². The molecule has 11 heteroatoms. The fourth-order valence-corrected chi connectivity index (χ4v) is 3.85. The maximum Gasteiger partial charge on any atom is 0.339 e. The van der Waals surface area contributed by atoms with Crippen molar-refractivity contribution >= 4 is 34.3 Å². The van der Waals surface area contributed by atoms with E-state index in [0.29, 0.717) is 16.6 Å². The van der Waals surface area contributed by atoms with Crippen LogP contribution in [0.25, 0.3) is 10.9 Å². The third-order valence-corrected chi connectivity index (χ3v) is 5.49. The molecule has 3 aromatic rings. The smallest absolute Gasteiger partial charge is 0.339 e. The van der Waals surface area contributed by atoms with Gasteiger partial charge in [-0.2, -0.15) is 0 Å². The number of carbonyl (C=O) groups excluding carboxylic acids is 2. The van der Waals surface area contributed by atoms with Gasteiger partial charge in [-0.05, 0) is 38.0 Å². The Morgan fingerprint density at radius 2 is 1.92 bits per heavy atom. The maximum absolute atomic E-state index is 13.2. The molecule has 0 aliphatic heterocycles. The predicted octanol–water partition coefficient (Wildman–Crippen LogP) is 1.78. The molecule has 11 nitrogen and oxygen atoms in total. The molecule has 0 unspecified atom stereocenters. The minimum atomic E-state index is -0.820. The molecule has 2 aromatic heterocycles. The first-order valence-electron chi connectivity index (χ1n) is 11.5. The van der Waals surface area contributed by atoms with Crippen LogP contribution in [0.15, 0.2) is 33.9 Å². The molecule has 0 atom stereocenters. The Kier molecular flexibility index (Phi) is 8.25. The van der Waals surface area contributed by atoms with Crippen LogP contribution >= 0.6 is 0 Å². The normalized spacial score (nSPS) is 11.2. The van der Waals surface area contributed by atoms with Crippen molar-refractivity contribution in [3.05, 3.63) is 61.9 Å². The van der Waals surface area contributed by atoms with E-state index in [-0.39, 0.29) is 42.7 Å². The van der Waals surface area contributed by atoms with Gasteiger partial charge in [0, 0.05) is 31.3 Å². The van der Waals surface area contributed by atoms with Crippen molar-refractivity contribution in [2.45, 2.75) is 34.2 Å². The van der Waals surface area contributed by atoms with Crippen LogP contribution in [-0.4, -0.2) is 53.3 Å². The second kappa shape index (κ2) is 11.2. The lowest BCUT2D eigenvalue weighted by molar-refractivity contribution is -0.121. The number of amides is 1. The van der Waals surface area contributed by atoms with Crippen LogP contribution in [0.2, 0.25) is 0 Å². The Balaban J connectivity index is 1.92. The third kappa shape index (κ3) is 5.80. The number of aromatic nitrogens is 3. The number of nitrogens with zero attached hydrogens (tertiary/aromatic N) is 3. The second-order valence-electron chi connectivity index (χ2n) is 8.94. The van der Waals surface area contributed by atoms with E-state index in [9.17, 15) is 19.2 Å². The molecule has 3 N–H and O–H groups in total. The summed E-state index contributed by atoms with van der Waals surface area (Å²) in [5.74, 6) is -1.50. The van der Waals surface area contributed by atoms with E-state index in [1.54, 1.807) is 13.0 Å². The first-order valence-corrected chi connectivity index (χ1v) is 11.5. The summed E-state index contributed by atoms with van der Waals surface area (Å²) in [4.78, 5) is 58.9. The van der Waals surface area contributed by atoms with E-state index in [1.807, 2.05) is 39.0 Å². The van der Waals surface area contributed by atoms with Crippen LogP contribution in [0.1, 0.15) is 35.5 Å². The molecule has 0 saturated carbocycles. The van der Waals surface area contributed by atoms with Crippen LogP contribution in [-0.2, 0) is 20.8 Å². The zero-order chi connectivity index (χ0) is 26.6. The Morgan fingerprint density at radius 3 is 2.58 bits per heavy atom. The van der Waals surface area contributed by atoms with Gasteiger partial charge in [0.25, 0.3) is 11.5 Å². The lowest BCUT2D eigenvalue weighted by atomic mass is 10.1. The standard InChI is InChI=1S/C25H31N5O6/c1-14(2)12-30-22(26)21(23(32)28-25(30)34)29(8-9-35-5)20(31)13-36-24(33)18-11-16(4)27-19-7-6-15(3)10-17(18)19/h6-7,10-11,14H,8-9,12-13,26H2,1-5H3,(H,28,32,34). The van der Waals surface area contributed by atoms with Gasteiger partial charge in [0.2, 0.25) is 0 Å². The number of hydrogen-bond donors (Lipinski definition) is 2. The van der Waals surface area contributed by atoms with Gasteiger partial charge in [-0.1, -0.05) is 25.5 Å². The molecular formula is C25H31N5O6. The molecule has 0 saturated heterocycles. The van der Waals surface area contributed by atoms with Gasteiger partial charge in [0.15, 0.2) is 12.3 Å². The molecule has 0 spiro atoms. The van der Waals surface area contributed by atoms with Gasteiger partial charge in [-0.25, -0.2) is 9.59 Å². The number of aryl methyl sites for hydroxylation is 2. The van der Waals surface area contributed by atoms with Gasteiger partial charge in [0.05, 0.1) is 17.7 Å². The monoisotopic (exact) mass is 497 g/mol. The quantitative estimate of drug-likeness (QED) is 0.425. The number of methoxy groups -OCH3 is 1. The Labute approximate surface area is 207 Å². The highest BCUT2D eigenvalue weighted by molar-refractivity contribution is 6.05. The molecule has 0 bridgehead atoms. The Morgan fingerprint density at radius 1 is 1.19 bits per heavy atom. The molecule has 1 aromatic carbocycles. The van der Waals surface area contributed by atoms with Crippen molar-refractivity contribution in [2.24, 2.45) is 5.92 Å². The first-order chi connectivity index (χ1) is 17.0. The summed E-state index contributed by atoms with van der Waals surface area (Å²) in [6, 6.07) is 7.13. The molecular weight excluding hydrogens is 466 g/mol. The third-order valence-electron chi connectivity index (χ3n) is 5.49. The topological polar surface area (TPSA) is 150 Å². The number of pyridine rings is 1. The van der Waals surface area contributed by atoms with E-state index in [2.05, 4.69) is 9.97 Å². The second-order valence-corrected chi connectivity index (χ2v) is 8.94. The zero-order valence-corrected chi connectivity index (χ0v) is 21.1. The molecule has 3 rings (SSSR count). The minimum Gasteiger partial charge on any atom is -0.452 e. The van der Waals surface area contributed by atoms with E-state index >= 15 is 0 Å². The summed E-state index contributed by atoms with van der Waals surface area (Å²) in [7, 11) is 1.44. The lowest BCUT2D eigenvalue weighted by Crippen LogP contribution is -2.44. The SMILES string of the molecule is COCCN(C(=O)COC(=O)c1cc(C)nc2ccc(C)cc12)c1c(N)n(CC(C)C)c(=O)[nH]c1=O. The number of anilines is 2. The van der Waals surface area contributed by atoms with Crippen LogP contribution in [0.4, 0.5) is 11.5 Å². The summed E-state index contributed by atoms with van der Waals surface area (Å²) >= 11 is 0. The van der Waals surface area contributed by atoms with Crippen molar-refractivity contribution in [2.75, 3.05) is 37.5 Å². The Bertz CT molecular complexity index is 1410. The molecule has 0 aliphatic rings. The van der Waals surface area contributed by atoms with Gasteiger partial charge < -0.3 is 15.2 Å². The number of H-pyrrole nitrogens is 1. The first kappa shape index (κ1) is 26.6. The van der Waals surface area contributed by atoms with Crippen LogP contribution in [0, 0.1) is 19.8 Å². The van der Waals surface area contributed by atoms with E-state index in [0.717, 1.165) is 10.5 Å². The number of nitrogens with two attached hydrogens (primary N) is 1. The van der Waals surface area contributed by atoms with Gasteiger partial charge in [0.1, 0.15) is 5.82 Å². The van der Waals surface area contributed by atoms with Crippen molar-refractivity contribution in [1.82, 2.24) is 14.5 Å². The highest BCUT2D eigenvalue weighted by atomic mass is 16.5. The van der Waals surface area contributed by atoms with Crippen molar-refractivity contribution in [1.29, 1.82) is 0 Å². The summed E-state index contributed by atoms with van der Waals surface area (Å²) in [6.07, 6.45) is 0. The number of nitrogen functional groups attached to an aromatic ring is 1. The number of hydrogen-bond acceptors (Lipinski definition) is 8. The molecule has 0 aliphatic carbocycles. The highest BCUT2D eigenvalue weighted by Crippen LogP contribution is 2.22. The number of esters is 1. The van der Waals surface area contributed by atoms with Crippen LogP contribution in [0.3, 0.4) is 0 Å². The molecule has 0 fully saturated rings. The van der Waals surface area contributed by atoms with E-state index < -0.39 is 29.7 Å². The molecule has 2 heterocycles. The number of benzene rings is 1. The minimum absolute atomic E-state index is 0.0451. The van der Waals surface area contributed by atoms with Crippen LogP contribution in [0.5, 0.6) is 0 Å². The van der Waals surface area contributed by atoms with Crippen LogP contribution < -0.4 is 21.9 Å². The molecule has 192 valence electrons. The predicted molar refractivity (Wildman–Crippen MR) is 136 cm³/mol. The van der Waals surface area contributed by atoms with E-state index in [4.69, 9.17) is 15.2 Å². The number of nitrogens with one attached hydrogen (secondary N) is 1. The summed E-state index contributed by atoms with van der Waals surface area (Å²) in [5, 5.41) is 0.607. The van der Waals surface area contributed by atoms with Gasteiger partial charge in [-0.3, -0.25) is 29.0 Å². The number of carbonyl (C=O) groups is 2.